The van der Waals surface area contributed by atoms with Crippen molar-refractivity contribution < 1.29 is 19.5 Å². The average molecular weight is 606 g/mol. The van der Waals surface area contributed by atoms with Gasteiger partial charge in [-0.15, -0.1) is 11.8 Å². The van der Waals surface area contributed by atoms with E-state index in [4.69, 9.17) is 0 Å². The van der Waals surface area contributed by atoms with Crippen LogP contribution < -0.4 is 10.6 Å². The molecule has 7 atom stereocenters. The summed E-state index contributed by atoms with van der Waals surface area (Å²) in [5.74, 6) is -1.93. The van der Waals surface area contributed by atoms with Gasteiger partial charge >= 0.3 is 0 Å². The molecule has 3 aliphatic heterocycles. The highest BCUT2D eigenvalue weighted by atomic mass is 32.2. The first-order chi connectivity index (χ1) is 21.4. The van der Waals surface area contributed by atoms with Crippen LogP contribution in [-0.4, -0.2) is 50.4 Å². The van der Waals surface area contributed by atoms with Crippen LogP contribution in [0, 0.1) is 17.8 Å². The lowest BCUT2D eigenvalue weighted by Gasteiger charge is -2.40. The molecule has 3 fully saturated rings. The molecule has 7 nitrogen and oxygen atoms in total. The molecule has 44 heavy (non-hydrogen) atoms. The number of hydrogen-bond acceptors (Lipinski definition) is 5. The SMILES string of the molecule is CC1C[C@@H]2SC13C(C(=O)Nc1ccc4ccccc4c1)N([C@H](CO)c1ccccc1)C(=O)[C@@H]3[C@@H]2C(=O)NCc1ccccc1. The minimum atomic E-state index is -0.874. The fraction of sp³-hybridized carbons (Fsp3) is 0.306. The van der Waals surface area contributed by atoms with Crippen molar-refractivity contribution in [1.29, 1.82) is 0 Å². The quantitative estimate of drug-likeness (QED) is 0.258. The topological polar surface area (TPSA) is 98.7 Å². The zero-order valence-corrected chi connectivity index (χ0v) is 25.2. The third-order valence-electron chi connectivity index (χ3n) is 9.75. The molecular weight excluding hydrogens is 570 g/mol. The van der Waals surface area contributed by atoms with E-state index in [9.17, 15) is 19.5 Å². The molecule has 4 aromatic rings. The van der Waals surface area contributed by atoms with Crippen LogP contribution in [0.25, 0.3) is 10.8 Å². The summed E-state index contributed by atoms with van der Waals surface area (Å²) in [6.45, 7) is 2.13. The Bertz CT molecular complexity index is 1720. The number of benzene rings is 4. The number of hydrogen-bond donors (Lipinski definition) is 3. The minimum Gasteiger partial charge on any atom is -0.394 e. The molecule has 3 aliphatic rings. The first-order valence-corrected chi connectivity index (χ1v) is 16.1. The molecule has 224 valence electrons. The van der Waals surface area contributed by atoms with Crippen molar-refractivity contribution >= 4 is 45.9 Å². The number of anilines is 1. The molecule has 2 bridgehead atoms. The number of nitrogens with one attached hydrogen (secondary N) is 2. The molecule has 3 amide bonds. The first kappa shape index (κ1) is 28.6. The highest BCUT2D eigenvalue weighted by molar-refractivity contribution is 8.02. The van der Waals surface area contributed by atoms with Gasteiger partial charge in [-0.2, -0.15) is 0 Å². The molecule has 0 radical (unpaired) electrons. The normalized spacial score (nSPS) is 27.7. The Morgan fingerprint density at radius 2 is 1.61 bits per heavy atom. The summed E-state index contributed by atoms with van der Waals surface area (Å²) in [4.78, 5) is 44.6. The molecule has 3 unspecified atom stereocenters. The van der Waals surface area contributed by atoms with Gasteiger partial charge in [-0.3, -0.25) is 14.4 Å². The Labute approximate surface area is 261 Å². The predicted molar refractivity (Wildman–Crippen MR) is 173 cm³/mol. The number of likely N-dealkylation sites (tertiary alicyclic amines) is 1. The standard InChI is InChI=1S/C36H35N3O4S/c1-22-18-29-30(33(41)37-20-23-10-4-2-5-11-23)31-35(43)39(28(21-40)25-13-6-3-7-14-25)32(36(22,31)44-29)34(42)38-27-17-16-24-12-8-9-15-26(24)19-27/h2-17,19,22,28-32,40H,18,20-21H2,1H3,(H,37,41)(H,38,42)/t22?,28-,29+,30-,31+,32?,36?/m1/s1. The molecular formula is C36H35N3O4S. The van der Waals surface area contributed by atoms with Crippen molar-refractivity contribution in [3.8, 4) is 0 Å². The van der Waals surface area contributed by atoms with Crippen LogP contribution in [0.3, 0.4) is 0 Å². The molecule has 3 saturated heterocycles. The van der Waals surface area contributed by atoms with E-state index in [1.165, 1.54) is 0 Å². The van der Waals surface area contributed by atoms with E-state index < -0.39 is 28.7 Å². The van der Waals surface area contributed by atoms with E-state index in [0.717, 1.165) is 28.3 Å². The van der Waals surface area contributed by atoms with E-state index in [1.54, 1.807) is 16.7 Å². The summed E-state index contributed by atoms with van der Waals surface area (Å²) >= 11 is 1.63. The van der Waals surface area contributed by atoms with Crippen LogP contribution in [-0.2, 0) is 20.9 Å². The van der Waals surface area contributed by atoms with E-state index in [1.807, 2.05) is 103 Å². The third kappa shape index (κ3) is 4.59. The summed E-state index contributed by atoms with van der Waals surface area (Å²) in [7, 11) is 0. The largest absolute Gasteiger partial charge is 0.394 e. The zero-order valence-electron chi connectivity index (χ0n) is 24.4. The number of nitrogens with zero attached hydrogens (tertiary/aromatic N) is 1. The van der Waals surface area contributed by atoms with Gasteiger partial charge in [0.2, 0.25) is 17.7 Å². The molecule has 4 aromatic carbocycles. The van der Waals surface area contributed by atoms with Crippen LogP contribution in [0.2, 0.25) is 0 Å². The van der Waals surface area contributed by atoms with Crippen molar-refractivity contribution in [3.63, 3.8) is 0 Å². The first-order valence-electron chi connectivity index (χ1n) is 15.2. The third-order valence-corrected chi connectivity index (χ3v) is 11.8. The maximum atomic E-state index is 14.7. The maximum Gasteiger partial charge on any atom is 0.248 e. The molecule has 0 aliphatic carbocycles. The Morgan fingerprint density at radius 1 is 0.932 bits per heavy atom. The van der Waals surface area contributed by atoms with Gasteiger partial charge in [-0.1, -0.05) is 97.9 Å². The van der Waals surface area contributed by atoms with Gasteiger partial charge in [0.15, 0.2) is 0 Å². The molecule has 1 spiro atoms. The molecule has 3 heterocycles. The second kappa shape index (κ2) is 11.4. The van der Waals surface area contributed by atoms with Gasteiger partial charge in [-0.05, 0) is 46.4 Å². The van der Waals surface area contributed by atoms with Gasteiger partial charge in [0.1, 0.15) is 6.04 Å². The van der Waals surface area contributed by atoms with Crippen LogP contribution in [0.5, 0.6) is 0 Å². The molecule has 8 heteroatoms. The number of rotatable bonds is 8. The van der Waals surface area contributed by atoms with Crippen molar-refractivity contribution in [3.05, 3.63) is 114 Å². The lowest BCUT2D eigenvalue weighted by Crippen LogP contribution is -2.55. The maximum absolute atomic E-state index is 14.7. The highest BCUT2D eigenvalue weighted by Gasteiger charge is 2.76. The van der Waals surface area contributed by atoms with Gasteiger partial charge in [-0.25, -0.2) is 0 Å². The number of amides is 3. The lowest BCUT2D eigenvalue weighted by molar-refractivity contribution is -0.142. The van der Waals surface area contributed by atoms with Crippen LogP contribution in [0.4, 0.5) is 5.69 Å². The monoisotopic (exact) mass is 605 g/mol. The van der Waals surface area contributed by atoms with E-state index in [2.05, 4.69) is 17.6 Å². The summed E-state index contributed by atoms with van der Waals surface area (Å²) in [5, 5.41) is 18.9. The number of fused-ring (bicyclic) bond motifs is 2. The summed E-state index contributed by atoms with van der Waals surface area (Å²) < 4.78 is -0.806. The van der Waals surface area contributed by atoms with Crippen molar-refractivity contribution in [2.75, 3.05) is 11.9 Å². The lowest BCUT2D eigenvalue weighted by atomic mass is 9.66. The molecule has 0 aromatic heterocycles. The number of carbonyl (C=O) groups is 3. The molecule has 0 saturated carbocycles. The molecule has 7 rings (SSSR count). The zero-order chi connectivity index (χ0) is 30.4. The Hall–Kier alpha value is -4.14. The predicted octanol–water partition coefficient (Wildman–Crippen LogP) is 5.17. The summed E-state index contributed by atoms with van der Waals surface area (Å²) in [5.41, 5.74) is 2.38. The number of aliphatic hydroxyl groups excluding tert-OH is 1. The van der Waals surface area contributed by atoms with Crippen LogP contribution in [0.1, 0.15) is 30.5 Å². The van der Waals surface area contributed by atoms with E-state index in [0.29, 0.717) is 12.2 Å². The summed E-state index contributed by atoms with van der Waals surface area (Å²) in [6, 6.07) is 31.2. The fourth-order valence-corrected chi connectivity index (χ4v) is 10.2. The fourth-order valence-electron chi connectivity index (χ4n) is 7.80. The second-order valence-electron chi connectivity index (χ2n) is 12.2. The minimum absolute atomic E-state index is 0.0112. The summed E-state index contributed by atoms with van der Waals surface area (Å²) in [6.07, 6.45) is 0.737. The Kier molecular flexibility index (Phi) is 7.42. The smallest absolute Gasteiger partial charge is 0.248 e. The van der Waals surface area contributed by atoms with E-state index >= 15 is 0 Å². The van der Waals surface area contributed by atoms with Crippen molar-refractivity contribution in [2.45, 2.75) is 42.0 Å². The molecule has 3 N–H and O–H groups in total. The van der Waals surface area contributed by atoms with Crippen molar-refractivity contribution in [2.24, 2.45) is 17.8 Å². The van der Waals surface area contributed by atoms with Crippen molar-refractivity contribution in [1.82, 2.24) is 10.2 Å². The highest BCUT2D eigenvalue weighted by Crippen LogP contribution is 2.69. The Morgan fingerprint density at radius 3 is 2.34 bits per heavy atom. The number of thioether (sulfide) groups is 1. The van der Waals surface area contributed by atoms with Crippen LogP contribution >= 0.6 is 11.8 Å². The Balaban J connectivity index is 1.27. The number of aliphatic hydroxyl groups is 1. The van der Waals surface area contributed by atoms with E-state index in [-0.39, 0.29) is 35.5 Å². The average Bonchev–Trinajstić information content (AvgIpc) is 3.65. The van der Waals surface area contributed by atoms with Gasteiger partial charge < -0.3 is 20.6 Å². The van der Waals surface area contributed by atoms with Gasteiger partial charge in [0.05, 0.1) is 29.2 Å². The van der Waals surface area contributed by atoms with Gasteiger partial charge in [0.25, 0.3) is 0 Å². The second-order valence-corrected chi connectivity index (χ2v) is 13.7. The van der Waals surface area contributed by atoms with Gasteiger partial charge in [0, 0.05) is 17.5 Å². The number of carbonyl (C=O) groups excluding carboxylic acids is 3. The van der Waals surface area contributed by atoms with Crippen LogP contribution in [0.15, 0.2) is 103 Å².